The minimum absolute atomic E-state index is 0.00298. The lowest BCUT2D eigenvalue weighted by Gasteiger charge is -2.06. The van der Waals surface area contributed by atoms with Crippen LogP contribution in [0.1, 0.15) is 5.56 Å². The van der Waals surface area contributed by atoms with Gasteiger partial charge in [0.2, 0.25) is 0 Å². The van der Waals surface area contributed by atoms with Gasteiger partial charge in [-0.3, -0.25) is 0 Å². The first-order valence-electron chi connectivity index (χ1n) is 5.52. The Morgan fingerprint density at radius 3 is 2.82 bits per heavy atom. The zero-order valence-electron chi connectivity index (χ0n) is 9.43. The van der Waals surface area contributed by atoms with E-state index in [0.717, 1.165) is 12.0 Å². The molecule has 5 heteroatoms. The summed E-state index contributed by atoms with van der Waals surface area (Å²) in [5.41, 5.74) is 6.42. The van der Waals surface area contributed by atoms with Gasteiger partial charge in [0.15, 0.2) is 0 Å². The maximum atomic E-state index is 12.6. The predicted octanol–water partition coefficient (Wildman–Crippen LogP) is 1.10. The Morgan fingerprint density at radius 1 is 1.41 bits per heavy atom. The molecule has 92 valence electrons. The predicted molar refractivity (Wildman–Crippen MR) is 62.3 cm³/mol. The first-order valence-corrected chi connectivity index (χ1v) is 5.52. The maximum Gasteiger partial charge on any atom is 0.282 e. The van der Waals surface area contributed by atoms with Gasteiger partial charge in [-0.1, -0.05) is 12.1 Å². The first kappa shape index (κ1) is 11.9. The molecule has 0 saturated carbocycles. The topological polar surface area (TPSA) is 56.8 Å². The zero-order valence-corrected chi connectivity index (χ0v) is 9.43. The molecule has 2 rings (SSSR count). The summed E-state index contributed by atoms with van der Waals surface area (Å²) in [5.74, 6) is -0.220. The molecule has 1 heterocycles. The molecule has 1 aromatic rings. The van der Waals surface area contributed by atoms with Crippen molar-refractivity contribution in [3.63, 3.8) is 0 Å². The van der Waals surface area contributed by atoms with Gasteiger partial charge in [0.05, 0.1) is 13.2 Å². The second-order valence-corrected chi connectivity index (χ2v) is 3.88. The third-order valence-electron chi connectivity index (χ3n) is 2.49. The Labute approximate surface area is 99.2 Å². The largest absolute Gasteiger partial charge is 0.463 e. The van der Waals surface area contributed by atoms with E-state index in [9.17, 15) is 4.39 Å². The summed E-state index contributed by atoms with van der Waals surface area (Å²) in [7, 11) is 0. The Balaban J connectivity index is 1.65. The number of halogens is 1. The van der Waals surface area contributed by atoms with E-state index in [-0.39, 0.29) is 17.9 Å². The minimum Gasteiger partial charge on any atom is -0.463 e. The number of amidine groups is 1. The SMILES string of the molecule is NC1=N[C@@H](COCCc2ccc(F)cc2)CO1. The molecule has 0 radical (unpaired) electrons. The molecule has 1 atom stereocenters. The molecular formula is C12H15FN2O2. The van der Waals surface area contributed by atoms with Crippen molar-refractivity contribution >= 4 is 6.02 Å². The molecule has 0 spiro atoms. The van der Waals surface area contributed by atoms with Crippen molar-refractivity contribution in [1.29, 1.82) is 0 Å². The molecule has 2 N–H and O–H groups in total. The average molecular weight is 238 g/mol. The Hall–Kier alpha value is -1.62. The lowest BCUT2D eigenvalue weighted by Crippen LogP contribution is -2.16. The summed E-state index contributed by atoms with van der Waals surface area (Å²) in [6.45, 7) is 1.57. The van der Waals surface area contributed by atoms with Crippen molar-refractivity contribution in [3.05, 3.63) is 35.6 Å². The Bertz CT molecular complexity index is 392. The van der Waals surface area contributed by atoms with Gasteiger partial charge in [-0.05, 0) is 24.1 Å². The molecule has 0 unspecified atom stereocenters. The number of benzene rings is 1. The summed E-state index contributed by atoms with van der Waals surface area (Å²) in [6.07, 6.45) is 0.757. The molecule has 1 aliphatic rings. The van der Waals surface area contributed by atoms with Gasteiger partial charge in [-0.2, -0.15) is 0 Å². The van der Waals surface area contributed by atoms with Crippen molar-refractivity contribution in [2.24, 2.45) is 10.7 Å². The zero-order chi connectivity index (χ0) is 12.1. The van der Waals surface area contributed by atoms with Crippen molar-refractivity contribution < 1.29 is 13.9 Å². The normalized spacial score (nSPS) is 18.9. The summed E-state index contributed by atoms with van der Waals surface area (Å²) < 4.78 is 23.1. The van der Waals surface area contributed by atoms with Gasteiger partial charge in [-0.25, -0.2) is 9.38 Å². The number of hydrogen-bond donors (Lipinski definition) is 1. The molecule has 1 aliphatic heterocycles. The number of aliphatic imine (C=N–C) groups is 1. The van der Waals surface area contributed by atoms with E-state index in [1.54, 1.807) is 12.1 Å². The molecule has 0 amide bonds. The third kappa shape index (κ3) is 3.71. The molecular weight excluding hydrogens is 223 g/mol. The molecule has 4 nitrogen and oxygen atoms in total. The van der Waals surface area contributed by atoms with E-state index in [1.165, 1.54) is 12.1 Å². The number of nitrogens with zero attached hydrogens (tertiary/aromatic N) is 1. The molecule has 0 aliphatic carbocycles. The highest BCUT2D eigenvalue weighted by Gasteiger charge is 2.16. The van der Waals surface area contributed by atoms with Crippen LogP contribution >= 0.6 is 0 Å². The Morgan fingerprint density at radius 2 is 2.18 bits per heavy atom. The van der Waals surface area contributed by atoms with Gasteiger partial charge >= 0.3 is 0 Å². The summed E-state index contributed by atoms with van der Waals surface area (Å²) in [5, 5.41) is 0. The average Bonchev–Trinajstić information content (AvgIpc) is 2.73. The highest BCUT2D eigenvalue weighted by Crippen LogP contribution is 2.05. The van der Waals surface area contributed by atoms with E-state index in [0.29, 0.717) is 19.8 Å². The fourth-order valence-corrected chi connectivity index (χ4v) is 1.58. The van der Waals surface area contributed by atoms with Gasteiger partial charge in [0, 0.05) is 0 Å². The molecule has 0 fully saturated rings. The van der Waals surface area contributed by atoms with Crippen LogP contribution in [0.15, 0.2) is 29.3 Å². The van der Waals surface area contributed by atoms with Crippen LogP contribution in [0.25, 0.3) is 0 Å². The van der Waals surface area contributed by atoms with Crippen LogP contribution in [0.5, 0.6) is 0 Å². The smallest absolute Gasteiger partial charge is 0.282 e. The third-order valence-corrected chi connectivity index (χ3v) is 2.49. The molecule has 0 saturated heterocycles. The van der Waals surface area contributed by atoms with Crippen LogP contribution in [-0.2, 0) is 15.9 Å². The lowest BCUT2D eigenvalue weighted by molar-refractivity contribution is 0.115. The van der Waals surface area contributed by atoms with E-state index in [4.69, 9.17) is 15.2 Å². The van der Waals surface area contributed by atoms with Crippen LogP contribution in [0.2, 0.25) is 0 Å². The second kappa shape index (κ2) is 5.63. The fourth-order valence-electron chi connectivity index (χ4n) is 1.58. The van der Waals surface area contributed by atoms with Crippen molar-refractivity contribution in [3.8, 4) is 0 Å². The van der Waals surface area contributed by atoms with Crippen LogP contribution in [0.4, 0.5) is 4.39 Å². The van der Waals surface area contributed by atoms with Crippen LogP contribution in [0.3, 0.4) is 0 Å². The summed E-state index contributed by atoms with van der Waals surface area (Å²) >= 11 is 0. The molecule has 17 heavy (non-hydrogen) atoms. The van der Waals surface area contributed by atoms with E-state index in [1.807, 2.05) is 0 Å². The lowest BCUT2D eigenvalue weighted by atomic mass is 10.2. The van der Waals surface area contributed by atoms with Gasteiger partial charge < -0.3 is 15.2 Å². The summed E-state index contributed by atoms with van der Waals surface area (Å²) in [6, 6.07) is 6.65. The van der Waals surface area contributed by atoms with Crippen molar-refractivity contribution in [2.75, 3.05) is 19.8 Å². The van der Waals surface area contributed by atoms with E-state index >= 15 is 0 Å². The van der Waals surface area contributed by atoms with Crippen LogP contribution in [0, 0.1) is 5.82 Å². The second-order valence-electron chi connectivity index (χ2n) is 3.88. The van der Waals surface area contributed by atoms with E-state index < -0.39 is 0 Å². The summed E-state index contributed by atoms with van der Waals surface area (Å²) in [4.78, 5) is 4.04. The quantitative estimate of drug-likeness (QED) is 0.781. The molecule has 0 aromatic heterocycles. The maximum absolute atomic E-state index is 12.6. The highest BCUT2D eigenvalue weighted by atomic mass is 19.1. The first-order chi connectivity index (χ1) is 8.24. The number of ether oxygens (including phenoxy) is 2. The number of nitrogens with two attached hydrogens (primary N) is 1. The van der Waals surface area contributed by atoms with Gasteiger partial charge in [0.1, 0.15) is 18.5 Å². The van der Waals surface area contributed by atoms with Crippen LogP contribution < -0.4 is 5.73 Å². The monoisotopic (exact) mass is 238 g/mol. The fraction of sp³-hybridized carbons (Fsp3) is 0.417. The van der Waals surface area contributed by atoms with E-state index in [2.05, 4.69) is 4.99 Å². The molecule has 0 bridgehead atoms. The van der Waals surface area contributed by atoms with Gasteiger partial charge in [0.25, 0.3) is 6.02 Å². The Kier molecular flexibility index (Phi) is 3.93. The van der Waals surface area contributed by atoms with Crippen LogP contribution in [-0.4, -0.2) is 31.9 Å². The van der Waals surface area contributed by atoms with Crippen molar-refractivity contribution in [1.82, 2.24) is 0 Å². The minimum atomic E-state index is -0.220. The number of hydrogen-bond acceptors (Lipinski definition) is 4. The van der Waals surface area contributed by atoms with Crippen molar-refractivity contribution in [2.45, 2.75) is 12.5 Å². The standard InChI is InChI=1S/C12H15FN2O2/c13-10-3-1-9(2-4-10)5-6-16-7-11-8-17-12(14)15-11/h1-4,11H,5-8H2,(H2,14,15)/t11-/m0/s1. The molecule has 1 aromatic carbocycles. The van der Waals surface area contributed by atoms with Gasteiger partial charge in [-0.15, -0.1) is 0 Å². The highest BCUT2D eigenvalue weighted by molar-refractivity contribution is 5.73. The number of rotatable bonds is 5.